The number of carbonyl (C=O) groups is 1. The summed E-state index contributed by atoms with van der Waals surface area (Å²) in [4.78, 5) is 13.9. The molecule has 5 aromatic carbocycles. The fourth-order valence-electron chi connectivity index (χ4n) is 5.29. The van der Waals surface area contributed by atoms with Crippen LogP contribution in [0.5, 0.6) is 11.5 Å². The molecule has 218 valence electrons. The van der Waals surface area contributed by atoms with E-state index in [0.717, 1.165) is 32.6 Å². The van der Waals surface area contributed by atoms with Crippen LogP contribution in [0.25, 0.3) is 0 Å². The Hall–Kier alpha value is -4.85. The van der Waals surface area contributed by atoms with E-state index in [0.29, 0.717) is 5.75 Å². The van der Waals surface area contributed by atoms with Crippen molar-refractivity contribution in [2.24, 2.45) is 0 Å². The number of anilines is 1. The molecule has 1 N–H and O–H groups in total. The first kappa shape index (κ1) is 29.6. The lowest BCUT2D eigenvalue weighted by Gasteiger charge is -2.38. The number of nitrogens with one attached hydrogen (secondary N) is 1. The largest absolute Gasteiger partial charge is 0.497 e. The summed E-state index contributed by atoms with van der Waals surface area (Å²) in [5.74, 6) is 0.960. The average molecular weight is 590 g/mol. The van der Waals surface area contributed by atoms with Crippen LogP contribution in [0.1, 0.15) is 11.6 Å². The van der Waals surface area contributed by atoms with Gasteiger partial charge in [-0.1, -0.05) is 103 Å². The second-order valence-electron chi connectivity index (χ2n) is 9.96. The Bertz CT molecular complexity index is 1480. The minimum atomic E-state index is -3.30. The molecule has 0 saturated heterocycles. The third kappa shape index (κ3) is 6.48. The van der Waals surface area contributed by atoms with Gasteiger partial charge in [-0.15, -0.1) is 0 Å². The molecule has 2 atom stereocenters. The van der Waals surface area contributed by atoms with Crippen LogP contribution in [0.15, 0.2) is 140 Å². The molecule has 0 radical (unpaired) electrons. The number of benzene rings is 5. The Morgan fingerprint density at radius 1 is 0.581 bits per heavy atom. The van der Waals surface area contributed by atoms with Gasteiger partial charge in [-0.25, -0.2) is 4.79 Å². The Morgan fingerprint density at radius 2 is 1.00 bits per heavy atom. The van der Waals surface area contributed by atoms with Crippen LogP contribution >= 0.6 is 0 Å². The topological polar surface area (TPSA) is 66.0 Å². The molecule has 0 aromatic heterocycles. The van der Waals surface area contributed by atoms with Crippen LogP contribution in [0.4, 0.5) is 5.69 Å². The molecule has 0 amide bonds. The summed E-state index contributed by atoms with van der Waals surface area (Å²) < 4.78 is 23.6. The highest BCUT2D eigenvalue weighted by Crippen LogP contribution is 2.30. The fourth-order valence-corrected chi connectivity index (χ4v) is 9.30. The summed E-state index contributed by atoms with van der Waals surface area (Å²) >= 11 is 0. The fraction of sp³-hybridized carbons (Fsp3) is 0.139. The Labute approximate surface area is 254 Å². The number of esters is 1. The zero-order valence-electron chi connectivity index (χ0n) is 24.5. The summed E-state index contributed by atoms with van der Waals surface area (Å²) in [5.41, 5.74) is 1.63. The first-order valence-electron chi connectivity index (χ1n) is 14.1. The van der Waals surface area contributed by atoms with Crippen LogP contribution < -0.4 is 30.4 Å². The first-order chi connectivity index (χ1) is 21.1. The van der Waals surface area contributed by atoms with Gasteiger partial charge in [0, 0.05) is 5.69 Å². The maximum Gasteiger partial charge on any atom is 0.336 e. The summed E-state index contributed by atoms with van der Waals surface area (Å²) in [7, 11) is 1.36. The predicted molar refractivity (Wildman–Crippen MR) is 173 cm³/mol. The highest BCUT2D eigenvalue weighted by atomic mass is 28.4. The Morgan fingerprint density at radius 3 is 1.40 bits per heavy atom. The lowest BCUT2D eigenvalue weighted by atomic mass is 10.0. The number of carbonyl (C=O) groups excluding carboxylic acids is 1. The third-order valence-corrected chi connectivity index (χ3v) is 11.5. The highest BCUT2D eigenvalue weighted by molar-refractivity contribution is 7.07. The lowest BCUT2D eigenvalue weighted by Crippen LogP contribution is -2.71. The van der Waals surface area contributed by atoms with Gasteiger partial charge < -0.3 is 24.0 Å². The summed E-state index contributed by atoms with van der Waals surface area (Å²) in [6, 6.07) is 45.1. The molecule has 0 aliphatic rings. The van der Waals surface area contributed by atoms with Crippen molar-refractivity contribution in [3.8, 4) is 11.5 Å². The van der Waals surface area contributed by atoms with Crippen molar-refractivity contribution in [3.05, 3.63) is 145 Å². The van der Waals surface area contributed by atoms with Gasteiger partial charge in [0.2, 0.25) is 0 Å². The van der Waals surface area contributed by atoms with E-state index in [1.807, 2.05) is 103 Å². The number of hydrogen-bond acceptors (Lipinski definition) is 6. The van der Waals surface area contributed by atoms with Gasteiger partial charge in [-0.05, 0) is 57.5 Å². The van der Waals surface area contributed by atoms with Gasteiger partial charge in [-0.3, -0.25) is 0 Å². The van der Waals surface area contributed by atoms with E-state index in [1.54, 1.807) is 14.2 Å². The van der Waals surface area contributed by atoms with Crippen molar-refractivity contribution in [3.63, 3.8) is 0 Å². The molecule has 0 heterocycles. The van der Waals surface area contributed by atoms with E-state index in [9.17, 15) is 4.79 Å². The zero-order chi connectivity index (χ0) is 30.1. The third-order valence-electron chi connectivity index (χ3n) is 7.47. The zero-order valence-corrected chi connectivity index (χ0v) is 25.5. The average Bonchev–Trinajstić information content (AvgIpc) is 3.09. The van der Waals surface area contributed by atoms with E-state index >= 15 is 0 Å². The minimum Gasteiger partial charge on any atom is -0.497 e. The quantitative estimate of drug-likeness (QED) is 0.124. The summed E-state index contributed by atoms with van der Waals surface area (Å²) in [5, 5.41) is 6.62. The van der Waals surface area contributed by atoms with Crippen LogP contribution in [0.2, 0.25) is 0 Å². The molecular formula is C36H35NO5Si. The molecule has 43 heavy (non-hydrogen) atoms. The van der Waals surface area contributed by atoms with Gasteiger partial charge in [0.15, 0.2) is 6.10 Å². The van der Waals surface area contributed by atoms with Crippen molar-refractivity contribution in [1.82, 2.24) is 0 Å². The molecule has 0 aliphatic heterocycles. The SMILES string of the molecule is COC(=O)[C@@H](O[Si](c1ccccc1)(c1ccccc1)c1ccccc1)[C@H](Nc1ccc(OC)cc1)c1ccc(OC)cc1. The van der Waals surface area contributed by atoms with E-state index in [-0.39, 0.29) is 0 Å². The van der Waals surface area contributed by atoms with Crippen molar-refractivity contribution in [1.29, 1.82) is 0 Å². The molecule has 7 heteroatoms. The molecule has 0 bridgehead atoms. The maximum atomic E-state index is 13.9. The van der Waals surface area contributed by atoms with E-state index in [4.69, 9.17) is 18.6 Å². The Balaban J connectivity index is 1.72. The van der Waals surface area contributed by atoms with E-state index in [1.165, 1.54) is 7.11 Å². The molecule has 6 nitrogen and oxygen atoms in total. The standard InChI is InChI=1S/C36H35NO5Si/c1-39-29-23-19-27(20-24-29)34(37-28-21-25-30(40-2)26-22-28)35(36(38)41-3)42-43(31-13-7-4-8-14-31,32-15-9-5-10-16-32)33-17-11-6-12-18-33/h4-26,34-35,37H,1-3H3/t34-,35+/m1/s1. The lowest BCUT2D eigenvalue weighted by molar-refractivity contribution is -0.149. The number of hydrogen-bond donors (Lipinski definition) is 1. The molecule has 0 aliphatic carbocycles. The second kappa shape index (κ2) is 13.9. The summed E-state index contributed by atoms with van der Waals surface area (Å²) in [6.07, 6.45) is -1.03. The number of ether oxygens (including phenoxy) is 3. The predicted octanol–water partition coefficient (Wildman–Crippen LogP) is 5.08. The van der Waals surface area contributed by atoms with Crippen molar-refractivity contribution >= 4 is 35.5 Å². The molecule has 0 spiro atoms. The van der Waals surface area contributed by atoms with Crippen LogP contribution in [-0.2, 0) is 14.0 Å². The first-order valence-corrected chi connectivity index (χ1v) is 16.0. The second-order valence-corrected chi connectivity index (χ2v) is 13.3. The molecular weight excluding hydrogens is 554 g/mol. The molecule has 0 fully saturated rings. The van der Waals surface area contributed by atoms with Gasteiger partial charge >= 0.3 is 5.97 Å². The van der Waals surface area contributed by atoms with Crippen LogP contribution in [-0.4, -0.2) is 41.7 Å². The van der Waals surface area contributed by atoms with Crippen molar-refractivity contribution in [2.75, 3.05) is 26.6 Å². The van der Waals surface area contributed by atoms with Crippen LogP contribution in [0.3, 0.4) is 0 Å². The number of methoxy groups -OCH3 is 3. The van der Waals surface area contributed by atoms with Gasteiger partial charge in [0.1, 0.15) is 11.5 Å². The van der Waals surface area contributed by atoms with Gasteiger partial charge in [0.05, 0.1) is 27.4 Å². The highest BCUT2D eigenvalue weighted by Gasteiger charge is 2.47. The van der Waals surface area contributed by atoms with Crippen molar-refractivity contribution in [2.45, 2.75) is 12.1 Å². The van der Waals surface area contributed by atoms with E-state index < -0.39 is 26.4 Å². The smallest absolute Gasteiger partial charge is 0.336 e. The monoisotopic (exact) mass is 589 g/mol. The maximum absolute atomic E-state index is 13.9. The molecule has 5 aromatic rings. The van der Waals surface area contributed by atoms with Crippen LogP contribution in [0, 0.1) is 0 Å². The number of rotatable bonds is 12. The molecule has 0 unspecified atom stereocenters. The molecule has 5 rings (SSSR count). The summed E-state index contributed by atoms with van der Waals surface area (Å²) in [6.45, 7) is 0. The molecule has 0 saturated carbocycles. The van der Waals surface area contributed by atoms with Gasteiger partial charge in [0.25, 0.3) is 8.32 Å². The van der Waals surface area contributed by atoms with Crippen molar-refractivity contribution < 1.29 is 23.4 Å². The minimum absolute atomic E-state index is 0.485. The normalized spacial score (nSPS) is 12.5. The van der Waals surface area contributed by atoms with E-state index in [2.05, 4.69) is 41.7 Å². The van der Waals surface area contributed by atoms with Gasteiger partial charge in [-0.2, -0.15) is 0 Å². The Kier molecular flexibility index (Phi) is 9.56.